The number of fused-ring (bicyclic) bond motifs is 1. The summed E-state index contributed by atoms with van der Waals surface area (Å²) < 4.78 is 10.7. The highest BCUT2D eigenvalue weighted by molar-refractivity contribution is 14.0. The maximum absolute atomic E-state index is 11.3. The SMILES string of the molecule is CCNC(=NCc1cccc(C(N)=O)c1)NCc1ccc2c(c1)OCO2.I. The molecule has 2 aromatic rings. The molecule has 0 unspecified atom stereocenters. The van der Waals surface area contributed by atoms with Crippen LogP contribution in [-0.2, 0) is 13.1 Å². The largest absolute Gasteiger partial charge is 0.454 e. The fourth-order valence-electron chi connectivity index (χ4n) is 2.57. The van der Waals surface area contributed by atoms with Gasteiger partial charge in [-0.3, -0.25) is 4.79 Å². The number of benzene rings is 2. The molecule has 0 aromatic heterocycles. The molecule has 0 spiro atoms. The molecule has 1 amide bonds. The van der Waals surface area contributed by atoms with Crippen molar-refractivity contribution in [2.45, 2.75) is 20.0 Å². The average molecular weight is 482 g/mol. The predicted molar refractivity (Wildman–Crippen MR) is 115 cm³/mol. The van der Waals surface area contributed by atoms with Crippen molar-refractivity contribution in [1.29, 1.82) is 0 Å². The molecule has 7 nitrogen and oxygen atoms in total. The van der Waals surface area contributed by atoms with Crippen molar-refractivity contribution in [3.8, 4) is 11.5 Å². The third-order valence-corrected chi connectivity index (χ3v) is 3.87. The molecule has 0 radical (unpaired) electrons. The third-order valence-electron chi connectivity index (χ3n) is 3.87. The van der Waals surface area contributed by atoms with Crippen LogP contribution in [-0.4, -0.2) is 25.2 Å². The Morgan fingerprint density at radius 3 is 2.70 bits per heavy atom. The lowest BCUT2D eigenvalue weighted by atomic mass is 10.1. The second-order valence-corrected chi connectivity index (χ2v) is 5.80. The second-order valence-electron chi connectivity index (χ2n) is 5.80. The summed E-state index contributed by atoms with van der Waals surface area (Å²) in [6.07, 6.45) is 0. The van der Waals surface area contributed by atoms with Gasteiger partial charge in [0.1, 0.15) is 0 Å². The highest BCUT2D eigenvalue weighted by Crippen LogP contribution is 2.32. The molecule has 3 rings (SSSR count). The van der Waals surface area contributed by atoms with E-state index in [0.29, 0.717) is 24.6 Å². The molecular weight excluding hydrogens is 459 g/mol. The minimum absolute atomic E-state index is 0. The first-order chi connectivity index (χ1) is 12.7. The lowest BCUT2D eigenvalue weighted by molar-refractivity contribution is 0.1000. The molecule has 8 heteroatoms. The van der Waals surface area contributed by atoms with Crippen LogP contribution in [0.2, 0.25) is 0 Å². The molecule has 0 saturated heterocycles. The topological polar surface area (TPSA) is 98.0 Å². The van der Waals surface area contributed by atoms with E-state index in [9.17, 15) is 4.79 Å². The number of primary amides is 1. The highest BCUT2D eigenvalue weighted by Gasteiger charge is 2.13. The van der Waals surface area contributed by atoms with Crippen LogP contribution in [0.1, 0.15) is 28.4 Å². The van der Waals surface area contributed by atoms with Crippen LogP contribution in [0.15, 0.2) is 47.5 Å². The molecule has 0 bridgehead atoms. The summed E-state index contributed by atoms with van der Waals surface area (Å²) in [4.78, 5) is 15.8. The van der Waals surface area contributed by atoms with E-state index >= 15 is 0 Å². The zero-order valence-corrected chi connectivity index (χ0v) is 17.4. The van der Waals surface area contributed by atoms with Gasteiger partial charge >= 0.3 is 0 Å². The van der Waals surface area contributed by atoms with E-state index in [1.807, 2.05) is 31.2 Å². The molecule has 1 heterocycles. The first-order valence-corrected chi connectivity index (χ1v) is 8.45. The van der Waals surface area contributed by atoms with Gasteiger partial charge in [0.15, 0.2) is 17.5 Å². The lowest BCUT2D eigenvalue weighted by Crippen LogP contribution is -2.36. The number of nitrogens with zero attached hydrogens (tertiary/aromatic N) is 1. The van der Waals surface area contributed by atoms with Gasteiger partial charge in [0, 0.05) is 18.7 Å². The minimum Gasteiger partial charge on any atom is -0.454 e. The third kappa shape index (κ3) is 5.75. The van der Waals surface area contributed by atoms with Crippen molar-refractivity contribution in [3.05, 3.63) is 59.2 Å². The summed E-state index contributed by atoms with van der Waals surface area (Å²) in [6.45, 7) is 4.06. The van der Waals surface area contributed by atoms with Crippen LogP contribution in [0.25, 0.3) is 0 Å². The van der Waals surface area contributed by atoms with Gasteiger partial charge in [-0.2, -0.15) is 0 Å². The van der Waals surface area contributed by atoms with E-state index in [0.717, 1.165) is 29.2 Å². The summed E-state index contributed by atoms with van der Waals surface area (Å²) >= 11 is 0. The van der Waals surface area contributed by atoms with Crippen molar-refractivity contribution in [2.75, 3.05) is 13.3 Å². The Balaban J connectivity index is 0.00000261. The Kier molecular flexibility index (Phi) is 7.71. The molecule has 1 aliphatic heterocycles. The van der Waals surface area contributed by atoms with Crippen molar-refractivity contribution >= 4 is 35.8 Å². The number of halogens is 1. The Hall–Kier alpha value is -2.49. The molecule has 0 atom stereocenters. The van der Waals surface area contributed by atoms with Gasteiger partial charge in [-0.25, -0.2) is 4.99 Å². The van der Waals surface area contributed by atoms with Crippen LogP contribution in [0.4, 0.5) is 0 Å². The summed E-state index contributed by atoms with van der Waals surface area (Å²) in [5, 5.41) is 6.49. The number of carbonyl (C=O) groups is 1. The Morgan fingerprint density at radius 2 is 1.93 bits per heavy atom. The number of ether oxygens (including phenoxy) is 2. The van der Waals surface area contributed by atoms with Crippen molar-refractivity contribution in [3.63, 3.8) is 0 Å². The molecule has 144 valence electrons. The number of aliphatic imine (C=N–C) groups is 1. The zero-order valence-electron chi connectivity index (χ0n) is 15.0. The molecule has 4 N–H and O–H groups in total. The monoisotopic (exact) mass is 482 g/mol. The maximum Gasteiger partial charge on any atom is 0.248 e. The predicted octanol–water partition coefficient (Wildman–Crippen LogP) is 2.39. The normalized spacial score (nSPS) is 12.3. The Labute approximate surface area is 175 Å². The zero-order chi connectivity index (χ0) is 18.4. The van der Waals surface area contributed by atoms with Crippen LogP contribution in [0.3, 0.4) is 0 Å². The van der Waals surface area contributed by atoms with Crippen LogP contribution >= 0.6 is 24.0 Å². The van der Waals surface area contributed by atoms with Gasteiger partial charge in [0.25, 0.3) is 0 Å². The van der Waals surface area contributed by atoms with Crippen molar-refractivity contribution in [1.82, 2.24) is 10.6 Å². The summed E-state index contributed by atoms with van der Waals surface area (Å²) in [7, 11) is 0. The summed E-state index contributed by atoms with van der Waals surface area (Å²) in [5.74, 6) is 1.77. The van der Waals surface area contributed by atoms with Gasteiger partial charge in [-0.15, -0.1) is 24.0 Å². The van der Waals surface area contributed by atoms with Gasteiger partial charge in [0.05, 0.1) is 6.54 Å². The molecule has 0 saturated carbocycles. The van der Waals surface area contributed by atoms with Crippen LogP contribution in [0.5, 0.6) is 11.5 Å². The Morgan fingerprint density at radius 1 is 1.11 bits per heavy atom. The van der Waals surface area contributed by atoms with Crippen LogP contribution < -0.4 is 25.8 Å². The second kappa shape index (κ2) is 10.0. The number of rotatable bonds is 6. The number of nitrogens with two attached hydrogens (primary N) is 1. The van der Waals surface area contributed by atoms with Crippen molar-refractivity contribution < 1.29 is 14.3 Å². The van der Waals surface area contributed by atoms with E-state index in [1.165, 1.54) is 0 Å². The standard InChI is InChI=1S/C19H22N4O3.HI/c1-2-21-19(22-10-13-4-3-5-15(8-13)18(20)24)23-11-14-6-7-16-17(9-14)26-12-25-16;/h3-9H,2,10-12H2,1H3,(H2,20,24)(H2,21,22,23);1H. The summed E-state index contributed by atoms with van der Waals surface area (Å²) in [5.41, 5.74) is 7.78. The average Bonchev–Trinajstić information content (AvgIpc) is 3.12. The van der Waals surface area contributed by atoms with Crippen molar-refractivity contribution in [2.24, 2.45) is 10.7 Å². The van der Waals surface area contributed by atoms with E-state index < -0.39 is 5.91 Å². The van der Waals surface area contributed by atoms with Gasteiger partial charge in [-0.1, -0.05) is 18.2 Å². The molecular formula is C19H23IN4O3. The molecule has 27 heavy (non-hydrogen) atoms. The molecule has 0 fully saturated rings. The molecule has 2 aromatic carbocycles. The summed E-state index contributed by atoms with van der Waals surface area (Å²) in [6, 6.07) is 13.0. The number of carbonyl (C=O) groups excluding carboxylic acids is 1. The van der Waals surface area contributed by atoms with E-state index in [-0.39, 0.29) is 30.8 Å². The maximum atomic E-state index is 11.3. The van der Waals surface area contributed by atoms with E-state index in [4.69, 9.17) is 15.2 Å². The smallest absolute Gasteiger partial charge is 0.248 e. The first-order valence-electron chi connectivity index (χ1n) is 8.45. The quantitative estimate of drug-likeness (QED) is 0.334. The molecule has 1 aliphatic rings. The number of guanidine groups is 1. The fourth-order valence-corrected chi connectivity index (χ4v) is 2.57. The first kappa shape index (κ1) is 20.8. The van der Waals surface area contributed by atoms with Gasteiger partial charge < -0.3 is 25.8 Å². The minimum atomic E-state index is -0.441. The van der Waals surface area contributed by atoms with Gasteiger partial charge in [0.2, 0.25) is 12.7 Å². The van der Waals surface area contributed by atoms with Gasteiger partial charge in [-0.05, 0) is 42.3 Å². The fraction of sp³-hybridized carbons (Fsp3) is 0.263. The number of hydrogen-bond acceptors (Lipinski definition) is 4. The van der Waals surface area contributed by atoms with E-state index in [2.05, 4.69) is 15.6 Å². The number of hydrogen-bond donors (Lipinski definition) is 3. The number of nitrogens with one attached hydrogen (secondary N) is 2. The van der Waals surface area contributed by atoms with Crippen LogP contribution in [0, 0.1) is 0 Å². The highest BCUT2D eigenvalue weighted by atomic mass is 127. The number of amides is 1. The lowest BCUT2D eigenvalue weighted by Gasteiger charge is -2.12. The van der Waals surface area contributed by atoms with E-state index in [1.54, 1.807) is 18.2 Å². The molecule has 0 aliphatic carbocycles. The Bertz CT molecular complexity index is 826.